The number of carboxylic acid groups (broad SMARTS) is 2. The zero-order valence-corrected chi connectivity index (χ0v) is 16.3. The summed E-state index contributed by atoms with van der Waals surface area (Å²) in [5, 5.41) is 24.3. The smallest absolute Gasteiger partial charge is 0.290 e. The van der Waals surface area contributed by atoms with Crippen molar-refractivity contribution in [2.24, 2.45) is 0 Å². The number of nitrogens with zero attached hydrogens (tertiary/aromatic N) is 3. The number of piperidine rings is 1. The average molecular weight is 387 g/mol. The van der Waals surface area contributed by atoms with Crippen LogP contribution in [0.25, 0.3) is 0 Å². The lowest BCUT2D eigenvalue weighted by Gasteiger charge is -2.41. The number of hydrogen-bond acceptors (Lipinski definition) is 6. The second kappa shape index (κ2) is 13.2. The molecule has 9 heteroatoms. The third-order valence-electron chi connectivity index (χ3n) is 4.63. The molecule has 156 valence electrons. The molecule has 27 heavy (non-hydrogen) atoms. The zero-order chi connectivity index (χ0) is 20.9. The van der Waals surface area contributed by atoms with Crippen LogP contribution in [0.2, 0.25) is 0 Å². The van der Waals surface area contributed by atoms with Gasteiger partial charge in [-0.05, 0) is 46.3 Å². The Balaban J connectivity index is 0.000000997. The van der Waals surface area contributed by atoms with Crippen LogP contribution in [0.3, 0.4) is 0 Å². The Bertz CT molecular complexity index is 458. The fourth-order valence-corrected chi connectivity index (χ4v) is 3.59. The van der Waals surface area contributed by atoms with Crippen LogP contribution >= 0.6 is 0 Å². The minimum Gasteiger partial charge on any atom is -0.483 e. The molecule has 1 amide bonds. The van der Waals surface area contributed by atoms with Crippen molar-refractivity contribution < 1.29 is 29.7 Å². The number of hydrogen-bond donors (Lipinski definition) is 3. The third-order valence-corrected chi connectivity index (χ3v) is 4.63. The highest BCUT2D eigenvalue weighted by Crippen LogP contribution is 2.26. The van der Waals surface area contributed by atoms with Gasteiger partial charge in [-0.15, -0.1) is 6.58 Å². The fraction of sp³-hybridized carbons (Fsp3) is 0.722. The van der Waals surface area contributed by atoms with E-state index in [2.05, 4.69) is 11.5 Å². The van der Waals surface area contributed by atoms with Gasteiger partial charge >= 0.3 is 0 Å². The molecule has 0 bridgehead atoms. The lowest BCUT2D eigenvalue weighted by atomic mass is 9.90. The highest BCUT2D eigenvalue weighted by molar-refractivity contribution is 5.82. The van der Waals surface area contributed by atoms with Gasteiger partial charge < -0.3 is 25.1 Å². The Kier molecular flexibility index (Phi) is 12.3. The Morgan fingerprint density at radius 2 is 1.70 bits per heavy atom. The first-order valence-electron chi connectivity index (χ1n) is 8.95. The minimum atomic E-state index is -0.642. The van der Waals surface area contributed by atoms with Gasteiger partial charge in [0.05, 0.1) is 11.6 Å². The van der Waals surface area contributed by atoms with Gasteiger partial charge in [0.1, 0.15) is 0 Å². The molecule has 0 aromatic rings. The predicted octanol–water partition coefficient (Wildman–Crippen LogP) is -0.0465. The Morgan fingerprint density at radius 3 is 2.15 bits per heavy atom. The summed E-state index contributed by atoms with van der Waals surface area (Å²) in [6.07, 6.45) is 5.25. The molecule has 2 rings (SSSR count). The lowest BCUT2D eigenvalue weighted by Crippen LogP contribution is -2.54. The van der Waals surface area contributed by atoms with Crippen molar-refractivity contribution in [3.05, 3.63) is 12.7 Å². The van der Waals surface area contributed by atoms with E-state index in [0.717, 1.165) is 25.9 Å². The van der Waals surface area contributed by atoms with Crippen molar-refractivity contribution in [2.75, 3.05) is 46.8 Å². The molecule has 0 unspecified atom stereocenters. The lowest BCUT2D eigenvalue weighted by molar-refractivity contribution is -0.140. The quantitative estimate of drug-likeness (QED) is 0.444. The van der Waals surface area contributed by atoms with E-state index in [1.165, 1.54) is 0 Å². The monoisotopic (exact) mass is 387 g/mol. The molecule has 3 N–H and O–H groups in total. The number of rotatable bonds is 5. The number of likely N-dealkylation sites (N-methyl/N-ethyl adjacent to an activating group) is 1. The van der Waals surface area contributed by atoms with Gasteiger partial charge in [0.25, 0.3) is 12.9 Å². The van der Waals surface area contributed by atoms with E-state index >= 15 is 0 Å². The summed E-state index contributed by atoms with van der Waals surface area (Å²) >= 11 is 0. The first kappa shape index (κ1) is 25.0. The van der Waals surface area contributed by atoms with Crippen LogP contribution in [0.1, 0.15) is 25.7 Å². The summed E-state index contributed by atoms with van der Waals surface area (Å²) < 4.78 is 0. The van der Waals surface area contributed by atoms with Gasteiger partial charge in [0.15, 0.2) is 0 Å². The largest absolute Gasteiger partial charge is 0.483 e. The molecule has 1 atom stereocenters. The van der Waals surface area contributed by atoms with E-state index in [4.69, 9.17) is 19.8 Å². The molecule has 2 fully saturated rings. The predicted molar refractivity (Wildman–Crippen MR) is 101 cm³/mol. The van der Waals surface area contributed by atoms with Crippen molar-refractivity contribution in [3.8, 4) is 0 Å². The number of likely N-dealkylation sites (tertiary alicyclic amines) is 2. The van der Waals surface area contributed by atoms with Gasteiger partial charge in [-0.2, -0.15) is 0 Å². The molecule has 2 aliphatic heterocycles. The third kappa shape index (κ3) is 8.98. The van der Waals surface area contributed by atoms with Gasteiger partial charge in [-0.25, -0.2) is 0 Å². The van der Waals surface area contributed by atoms with Crippen molar-refractivity contribution in [3.63, 3.8) is 0 Å². The van der Waals surface area contributed by atoms with Crippen LogP contribution in [0.4, 0.5) is 0 Å². The maximum absolute atomic E-state index is 12.7. The molecule has 0 saturated carbocycles. The SMILES string of the molecule is C=CCN1CCC[C@H]1C(=O)N1CCC(O)(CN(C)C)CC1.O=CO.O=CO. The highest BCUT2D eigenvalue weighted by Gasteiger charge is 2.38. The molecule has 2 heterocycles. The molecule has 9 nitrogen and oxygen atoms in total. The van der Waals surface area contributed by atoms with E-state index < -0.39 is 5.60 Å². The Hall–Kier alpha value is -1.97. The molecule has 0 aromatic heterocycles. The Labute approximate surface area is 160 Å². The van der Waals surface area contributed by atoms with Crippen LogP contribution in [-0.2, 0) is 14.4 Å². The fourth-order valence-electron chi connectivity index (χ4n) is 3.59. The van der Waals surface area contributed by atoms with Crippen molar-refractivity contribution in [2.45, 2.75) is 37.3 Å². The van der Waals surface area contributed by atoms with Gasteiger partial charge in [-0.3, -0.25) is 19.3 Å². The maximum atomic E-state index is 12.7. The molecule has 0 spiro atoms. The van der Waals surface area contributed by atoms with E-state index in [0.29, 0.717) is 32.5 Å². The normalized spacial score (nSPS) is 21.3. The second-order valence-corrected chi connectivity index (χ2v) is 6.94. The number of aliphatic hydroxyl groups is 1. The number of carbonyl (C=O) groups excluding carboxylic acids is 1. The van der Waals surface area contributed by atoms with Crippen molar-refractivity contribution in [1.82, 2.24) is 14.7 Å². The van der Waals surface area contributed by atoms with Crippen LogP contribution in [-0.4, -0.2) is 107 Å². The van der Waals surface area contributed by atoms with Gasteiger partial charge in [-0.1, -0.05) is 6.08 Å². The molecular formula is C18H33N3O6. The second-order valence-electron chi connectivity index (χ2n) is 6.94. The summed E-state index contributed by atoms with van der Waals surface area (Å²) in [5.41, 5.74) is -0.642. The van der Waals surface area contributed by atoms with Crippen LogP contribution < -0.4 is 0 Å². The first-order valence-corrected chi connectivity index (χ1v) is 8.95. The van der Waals surface area contributed by atoms with Crippen LogP contribution in [0, 0.1) is 0 Å². The van der Waals surface area contributed by atoms with Crippen LogP contribution in [0.15, 0.2) is 12.7 Å². The Morgan fingerprint density at radius 1 is 1.19 bits per heavy atom. The van der Waals surface area contributed by atoms with E-state index in [9.17, 15) is 9.90 Å². The van der Waals surface area contributed by atoms with E-state index in [1.807, 2.05) is 30.0 Å². The molecule has 0 radical (unpaired) electrons. The molecular weight excluding hydrogens is 354 g/mol. The van der Waals surface area contributed by atoms with Crippen molar-refractivity contribution in [1.29, 1.82) is 0 Å². The maximum Gasteiger partial charge on any atom is 0.290 e. The number of carbonyl (C=O) groups is 3. The van der Waals surface area contributed by atoms with Crippen LogP contribution in [0.5, 0.6) is 0 Å². The number of amides is 1. The molecule has 0 aliphatic carbocycles. The van der Waals surface area contributed by atoms with Gasteiger partial charge in [0.2, 0.25) is 5.91 Å². The van der Waals surface area contributed by atoms with Crippen molar-refractivity contribution >= 4 is 18.9 Å². The average Bonchev–Trinajstić information content (AvgIpc) is 3.04. The van der Waals surface area contributed by atoms with E-state index in [1.54, 1.807) is 0 Å². The van der Waals surface area contributed by atoms with E-state index in [-0.39, 0.29) is 24.9 Å². The van der Waals surface area contributed by atoms with Gasteiger partial charge in [0, 0.05) is 26.2 Å². The summed E-state index contributed by atoms with van der Waals surface area (Å²) in [7, 11) is 3.95. The summed E-state index contributed by atoms with van der Waals surface area (Å²) in [5.74, 6) is 0.237. The molecule has 0 aromatic carbocycles. The highest BCUT2D eigenvalue weighted by atomic mass is 16.3. The topological polar surface area (TPSA) is 122 Å². The molecule has 2 saturated heterocycles. The minimum absolute atomic E-state index is 0.0167. The molecule has 2 aliphatic rings. The zero-order valence-electron chi connectivity index (χ0n) is 16.3. The summed E-state index contributed by atoms with van der Waals surface area (Å²) in [4.78, 5) is 35.6. The standard InChI is InChI=1S/C16H29N3O2.2CH2O2/c1-4-9-18-10-5-6-14(18)15(20)19-11-7-16(21,8-12-19)13-17(2)3;2*2-1-3/h4,14,21H,1,5-13H2,2-3H3;2*1H,(H,2,3)/t14-;;/m0../s1. The summed E-state index contributed by atoms with van der Waals surface area (Å²) in [6, 6.07) is 0.0167. The first-order chi connectivity index (χ1) is 12.8. The summed E-state index contributed by atoms with van der Waals surface area (Å²) in [6.45, 7) is 7.05.